The number of hydrogen-bond donors (Lipinski definition) is 3. The van der Waals surface area contributed by atoms with Crippen molar-refractivity contribution in [1.29, 1.82) is 0 Å². The predicted molar refractivity (Wildman–Crippen MR) is 76.8 cm³/mol. The molecule has 1 aliphatic rings. The van der Waals surface area contributed by atoms with Gasteiger partial charge in [0, 0.05) is 6.04 Å². The molecule has 120 valence electrons. The van der Waals surface area contributed by atoms with E-state index in [-0.39, 0.29) is 29.4 Å². The van der Waals surface area contributed by atoms with Crippen LogP contribution in [0, 0.1) is 17.5 Å². The summed E-state index contributed by atoms with van der Waals surface area (Å²) < 4.78 is 39.5. The molecular weight excluding hydrogens is 311 g/mol. The molecular formula is C14H12F3N5O. The van der Waals surface area contributed by atoms with E-state index in [2.05, 4.69) is 26.1 Å². The van der Waals surface area contributed by atoms with E-state index < -0.39 is 17.5 Å². The maximum absolute atomic E-state index is 13.5. The minimum atomic E-state index is -1.57. The van der Waals surface area contributed by atoms with Crippen LogP contribution in [0.15, 0.2) is 24.3 Å². The first kappa shape index (κ1) is 15.1. The third-order valence-corrected chi connectivity index (χ3v) is 3.12. The van der Waals surface area contributed by atoms with Gasteiger partial charge in [0.25, 0.3) is 0 Å². The first-order valence-corrected chi connectivity index (χ1v) is 6.84. The maximum atomic E-state index is 13.5. The molecule has 1 aromatic heterocycles. The summed E-state index contributed by atoms with van der Waals surface area (Å²) in [5.41, 5.74) is -0.273. The lowest BCUT2D eigenvalue weighted by Crippen LogP contribution is -2.30. The third kappa shape index (κ3) is 3.68. The Balaban J connectivity index is 1.65. The van der Waals surface area contributed by atoms with E-state index in [0.29, 0.717) is 0 Å². The fourth-order valence-corrected chi connectivity index (χ4v) is 1.79. The van der Waals surface area contributed by atoms with Crippen molar-refractivity contribution in [3.05, 3.63) is 41.7 Å². The van der Waals surface area contributed by atoms with E-state index in [4.69, 9.17) is 0 Å². The van der Waals surface area contributed by atoms with E-state index >= 15 is 0 Å². The molecule has 1 fully saturated rings. The molecule has 0 bridgehead atoms. The molecule has 6 nitrogen and oxygen atoms in total. The SMILES string of the molecule is O=C(Nc1ccc(Nc2ccc(F)c(F)c2F)nn1)NC1CC1. The van der Waals surface area contributed by atoms with Crippen LogP contribution in [0.4, 0.5) is 35.3 Å². The number of hydrogen-bond acceptors (Lipinski definition) is 4. The fourth-order valence-electron chi connectivity index (χ4n) is 1.79. The summed E-state index contributed by atoms with van der Waals surface area (Å²) in [6.07, 6.45) is 1.92. The highest BCUT2D eigenvalue weighted by atomic mass is 19.2. The average molecular weight is 323 g/mol. The molecule has 1 aromatic carbocycles. The molecule has 1 heterocycles. The molecule has 23 heavy (non-hydrogen) atoms. The van der Waals surface area contributed by atoms with Gasteiger partial charge in [-0.05, 0) is 37.1 Å². The number of benzene rings is 1. The molecule has 9 heteroatoms. The van der Waals surface area contributed by atoms with E-state index in [1.165, 1.54) is 12.1 Å². The molecule has 1 saturated carbocycles. The van der Waals surface area contributed by atoms with Crippen LogP contribution < -0.4 is 16.0 Å². The van der Waals surface area contributed by atoms with Gasteiger partial charge < -0.3 is 10.6 Å². The van der Waals surface area contributed by atoms with E-state index in [1.54, 1.807) is 0 Å². The van der Waals surface area contributed by atoms with Crippen molar-refractivity contribution in [2.45, 2.75) is 18.9 Å². The number of carbonyl (C=O) groups excluding carboxylic acids is 1. The second kappa shape index (κ2) is 6.11. The highest BCUT2D eigenvalue weighted by Crippen LogP contribution is 2.23. The maximum Gasteiger partial charge on any atom is 0.320 e. The van der Waals surface area contributed by atoms with Crippen LogP contribution in [0.1, 0.15) is 12.8 Å². The minimum absolute atomic E-state index is 0.114. The summed E-state index contributed by atoms with van der Waals surface area (Å²) in [7, 11) is 0. The van der Waals surface area contributed by atoms with Gasteiger partial charge in [0.05, 0.1) is 5.69 Å². The molecule has 0 saturated heterocycles. The molecule has 2 amide bonds. The molecule has 0 aliphatic heterocycles. The number of nitrogens with zero attached hydrogens (tertiary/aromatic N) is 2. The molecule has 0 unspecified atom stereocenters. The van der Waals surface area contributed by atoms with Crippen molar-refractivity contribution in [2.75, 3.05) is 10.6 Å². The van der Waals surface area contributed by atoms with Gasteiger partial charge in [0.15, 0.2) is 29.1 Å². The van der Waals surface area contributed by atoms with Gasteiger partial charge in [-0.15, -0.1) is 10.2 Å². The van der Waals surface area contributed by atoms with Gasteiger partial charge in [0.1, 0.15) is 0 Å². The molecule has 2 aromatic rings. The first-order chi connectivity index (χ1) is 11.0. The average Bonchev–Trinajstić information content (AvgIpc) is 3.33. The summed E-state index contributed by atoms with van der Waals surface area (Å²) in [4.78, 5) is 11.5. The number of carbonyl (C=O) groups is 1. The zero-order chi connectivity index (χ0) is 16.4. The number of rotatable bonds is 4. The standard InChI is InChI=1S/C14H12F3N5O/c15-8-3-4-9(13(17)12(8)16)19-10-5-6-11(22-21-10)20-14(23)18-7-1-2-7/h3-7H,1-2H2,(H,19,21)(H2,18,20,22,23). The molecule has 3 N–H and O–H groups in total. The van der Waals surface area contributed by atoms with Crippen LogP contribution in [-0.2, 0) is 0 Å². The van der Waals surface area contributed by atoms with Crippen LogP contribution in [0.3, 0.4) is 0 Å². The Hall–Kier alpha value is -2.84. The third-order valence-electron chi connectivity index (χ3n) is 3.12. The Morgan fingerprint density at radius 1 is 1.00 bits per heavy atom. The number of aromatic nitrogens is 2. The highest BCUT2D eigenvalue weighted by Gasteiger charge is 2.23. The van der Waals surface area contributed by atoms with Crippen molar-refractivity contribution in [3.63, 3.8) is 0 Å². The highest BCUT2D eigenvalue weighted by molar-refractivity contribution is 5.88. The van der Waals surface area contributed by atoms with Gasteiger partial charge in [-0.25, -0.2) is 18.0 Å². The zero-order valence-corrected chi connectivity index (χ0v) is 11.7. The summed E-state index contributed by atoms with van der Waals surface area (Å²) in [5.74, 6) is -3.88. The van der Waals surface area contributed by atoms with Crippen molar-refractivity contribution in [3.8, 4) is 0 Å². The Kier molecular flexibility index (Phi) is 4.00. The minimum Gasteiger partial charge on any atom is -0.336 e. The Morgan fingerprint density at radius 3 is 2.35 bits per heavy atom. The van der Waals surface area contributed by atoms with Crippen LogP contribution in [-0.4, -0.2) is 22.3 Å². The van der Waals surface area contributed by atoms with Gasteiger partial charge >= 0.3 is 6.03 Å². The van der Waals surface area contributed by atoms with Crippen LogP contribution in [0.5, 0.6) is 0 Å². The van der Waals surface area contributed by atoms with E-state index in [9.17, 15) is 18.0 Å². The fraction of sp³-hybridized carbons (Fsp3) is 0.214. The Bertz CT molecular complexity index is 734. The number of nitrogens with one attached hydrogen (secondary N) is 3. The lowest BCUT2D eigenvalue weighted by Gasteiger charge is -2.08. The van der Waals surface area contributed by atoms with Crippen LogP contribution >= 0.6 is 0 Å². The predicted octanol–water partition coefficient (Wildman–Crippen LogP) is 2.92. The van der Waals surface area contributed by atoms with Crippen LogP contribution in [0.25, 0.3) is 0 Å². The molecule has 0 spiro atoms. The van der Waals surface area contributed by atoms with Gasteiger partial charge in [-0.1, -0.05) is 0 Å². The van der Waals surface area contributed by atoms with Gasteiger partial charge in [0.2, 0.25) is 0 Å². The van der Waals surface area contributed by atoms with E-state index in [1.807, 2.05) is 0 Å². The molecule has 1 aliphatic carbocycles. The number of amides is 2. The Morgan fingerprint density at radius 2 is 1.70 bits per heavy atom. The summed E-state index contributed by atoms with van der Waals surface area (Å²) in [6.45, 7) is 0. The van der Waals surface area contributed by atoms with E-state index in [0.717, 1.165) is 25.0 Å². The summed E-state index contributed by atoms with van der Waals surface area (Å²) in [5, 5.41) is 15.2. The molecule has 0 radical (unpaired) electrons. The monoisotopic (exact) mass is 323 g/mol. The van der Waals surface area contributed by atoms with Crippen molar-refractivity contribution in [2.24, 2.45) is 0 Å². The quantitative estimate of drug-likeness (QED) is 0.756. The second-order valence-electron chi connectivity index (χ2n) is 5.02. The smallest absolute Gasteiger partial charge is 0.320 e. The Labute approximate surface area is 129 Å². The normalized spacial score (nSPS) is 13.5. The molecule has 0 atom stereocenters. The van der Waals surface area contributed by atoms with Crippen molar-refractivity contribution >= 4 is 23.4 Å². The van der Waals surface area contributed by atoms with Gasteiger partial charge in [-0.3, -0.25) is 5.32 Å². The summed E-state index contributed by atoms with van der Waals surface area (Å²) >= 11 is 0. The van der Waals surface area contributed by atoms with Crippen molar-refractivity contribution < 1.29 is 18.0 Å². The first-order valence-electron chi connectivity index (χ1n) is 6.84. The number of urea groups is 1. The summed E-state index contributed by atoms with van der Waals surface area (Å²) in [6, 6.07) is 4.53. The largest absolute Gasteiger partial charge is 0.336 e. The van der Waals surface area contributed by atoms with Crippen molar-refractivity contribution in [1.82, 2.24) is 15.5 Å². The lowest BCUT2D eigenvalue weighted by atomic mass is 10.3. The zero-order valence-electron chi connectivity index (χ0n) is 11.7. The molecule has 3 rings (SSSR count). The second-order valence-corrected chi connectivity index (χ2v) is 5.02. The van der Waals surface area contributed by atoms with Crippen LogP contribution in [0.2, 0.25) is 0 Å². The topological polar surface area (TPSA) is 78.9 Å². The number of halogens is 3. The van der Waals surface area contributed by atoms with Gasteiger partial charge in [-0.2, -0.15) is 0 Å². The lowest BCUT2D eigenvalue weighted by molar-refractivity contribution is 0.251. The number of anilines is 3.